The number of rotatable bonds is 3. The van der Waals surface area contributed by atoms with Gasteiger partial charge < -0.3 is 9.15 Å². The quantitative estimate of drug-likeness (QED) is 0.565. The standard InChI is InChI=1S/C8H11NO4/c1-6(10)12-5-7-3-4-8(13-7)9(2)11/h3-4,11H,5H2,1-2H3. The number of hydroxylamine groups is 1. The van der Waals surface area contributed by atoms with Crippen LogP contribution in [0.5, 0.6) is 0 Å². The van der Waals surface area contributed by atoms with E-state index >= 15 is 0 Å². The molecule has 0 unspecified atom stereocenters. The number of hydrogen-bond donors (Lipinski definition) is 1. The highest BCUT2D eigenvalue weighted by molar-refractivity contribution is 5.65. The van der Waals surface area contributed by atoms with Gasteiger partial charge in [-0.15, -0.1) is 0 Å². The first-order valence-corrected chi connectivity index (χ1v) is 3.74. The summed E-state index contributed by atoms with van der Waals surface area (Å²) in [7, 11) is 1.44. The third kappa shape index (κ3) is 2.79. The van der Waals surface area contributed by atoms with Gasteiger partial charge in [0.15, 0.2) is 0 Å². The highest BCUT2D eigenvalue weighted by atomic mass is 16.6. The Morgan fingerprint density at radius 3 is 2.85 bits per heavy atom. The Bertz CT molecular complexity index is 292. The van der Waals surface area contributed by atoms with Gasteiger partial charge in [-0.2, -0.15) is 0 Å². The molecular weight excluding hydrogens is 174 g/mol. The van der Waals surface area contributed by atoms with Gasteiger partial charge in [0.25, 0.3) is 0 Å². The number of anilines is 1. The Labute approximate surface area is 75.5 Å². The SMILES string of the molecule is CC(=O)OCc1ccc(N(C)O)o1. The molecule has 0 aliphatic carbocycles. The van der Waals surface area contributed by atoms with Crippen LogP contribution in [-0.2, 0) is 16.1 Å². The summed E-state index contributed by atoms with van der Waals surface area (Å²) >= 11 is 0. The number of ether oxygens (including phenoxy) is 1. The first-order chi connectivity index (χ1) is 6.09. The van der Waals surface area contributed by atoms with Gasteiger partial charge in [-0.3, -0.25) is 10.0 Å². The van der Waals surface area contributed by atoms with E-state index in [2.05, 4.69) is 4.74 Å². The van der Waals surface area contributed by atoms with Gasteiger partial charge >= 0.3 is 5.97 Å². The maximum atomic E-state index is 10.4. The van der Waals surface area contributed by atoms with Crippen LogP contribution < -0.4 is 5.06 Å². The molecule has 1 aromatic rings. The van der Waals surface area contributed by atoms with Crippen LogP contribution in [0.1, 0.15) is 12.7 Å². The zero-order valence-corrected chi connectivity index (χ0v) is 7.48. The summed E-state index contributed by atoms with van der Waals surface area (Å²) in [5, 5.41) is 9.79. The number of carbonyl (C=O) groups is 1. The summed E-state index contributed by atoms with van der Waals surface area (Å²) in [6.45, 7) is 1.41. The van der Waals surface area contributed by atoms with Crippen molar-refractivity contribution < 1.29 is 19.2 Å². The molecule has 1 heterocycles. The topological polar surface area (TPSA) is 62.9 Å². The van der Waals surface area contributed by atoms with E-state index in [0.717, 1.165) is 5.06 Å². The summed E-state index contributed by atoms with van der Waals surface area (Å²) in [6.07, 6.45) is 0. The fourth-order valence-electron chi connectivity index (χ4n) is 0.791. The molecule has 1 N–H and O–H groups in total. The summed E-state index contributed by atoms with van der Waals surface area (Å²) in [5.74, 6) is 0.434. The molecule has 0 aliphatic rings. The molecule has 5 nitrogen and oxygen atoms in total. The molecule has 5 heteroatoms. The van der Waals surface area contributed by atoms with E-state index in [4.69, 9.17) is 9.62 Å². The molecule has 13 heavy (non-hydrogen) atoms. The Balaban J connectivity index is 2.54. The lowest BCUT2D eigenvalue weighted by Gasteiger charge is -2.04. The summed E-state index contributed by atoms with van der Waals surface area (Å²) in [5.41, 5.74) is 0. The fraction of sp³-hybridized carbons (Fsp3) is 0.375. The molecule has 0 atom stereocenters. The lowest BCUT2D eigenvalue weighted by Crippen LogP contribution is -2.08. The molecule has 1 rings (SSSR count). The number of furan rings is 1. The van der Waals surface area contributed by atoms with Crippen molar-refractivity contribution in [1.29, 1.82) is 0 Å². The molecule has 0 saturated heterocycles. The molecule has 0 spiro atoms. The van der Waals surface area contributed by atoms with Crippen molar-refractivity contribution in [3.8, 4) is 0 Å². The maximum absolute atomic E-state index is 10.4. The van der Waals surface area contributed by atoms with E-state index in [1.807, 2.05) is 0 Å². The highest BCUT2D eigenvalue weighted by Gasteiger charge is 2.05. The molecule has 0 aromatic carbocycles. The van der Waals surface area contributed by atoms with E-state index in [9.17, 15) is 4.79 Å². The average Bonchev–Trinajstić information content (AvgIpc) is 2.48. The van der Waals surface area contributed by atoms with Gasteiger partial charge in [-0.1, -0.05) is 0 Å². The smallest absolute Gasteiger partial charge is 0.303 e. The number of hydrogen-bond acceptors (Lipinski definition) is 5. The van der Waals surface area contributed by atoms with E-state index in [-0.39, 0.29) is 12.6 Å². The van der Waals surface area contributed by atoms with E-state index in [1.54, 1.807) is 12.1 Å². The Morgan fingerprint density at radius 1 is 1.69 bits per heavy atom. The largest absolute Gasteiger partial charge is 0.458 e. The van der Waals surface area contributed by atoms with Crippen LogP contribution in [0, 0.1) is 0 Å². The predicted octanol–water partition coefficient (Wildman–Crippen LogP) is 1.17. The van der Waals surface area contributed by atoms with Crippen molar-refractivity contribution in [2.45, 2.75) is 13.5 Å². The van der Waals surface area contributed by atoms with Crippen molar-refractivity contribution in [1.82, 2.24) is 0 Å². The fourth-order valence-corrected chi connectivity index (χ4v) is 0.791. The summed E-state index contributed by atoms with van der Waals surface area (Å²) in [4.78, 5) is 10.4. The molecular formula is C8H11NO4. The lowest BCUT2D eigenvalue weighted by molar-refractivity contribution is -0.142. The van der Waals surface area contributed by atoms with Crippen molar-refractivity contribution in [3.63, 3.8) is 0 Å². The van der Waals surface area contributed by atoms with Gasteiger partial charge in [0.05, 0.1) is 0 Å². The van der Waals surface area contributed by atoms with Crippen molar-refractivity contribution >= 4 is 11.9 Å². The molecule has 0 fully saturated rings. The van der Waals surface area contributed by atoms with Crippen molar-refractivity contribution in [2.75, 3.05) is 12.1 Å². The Morgan fingerprint density at radius 2 is 2.38 bits per heavy atom. The second kappa shape index (κ2) is 3.95. The molecule has 0 amide bonds. The molecule has 0 aliphatic heterocycles. The number of nitrogens with zero attached hydrogens (tertiary/aromatic N) is 1. The van der Waals surface area contributed by atoms with Crippen LogP contribution >= 0.6 is 0 Å². The second-order valence-corrected chi connectivity index (χ2v) is 2.54. The minimum absolute atomic E-state index is 0.0865. The van der Waals surface area contributed by atoms with Gasteiger partial charge in [0.2, 0.25) is 5.88 Å². The van der Waals surface area contributed by atoms with E-state index in [1.165, 1.54) is 14.0 Å². The van der Waals surface area contributed by atoms with Crippen LogP contribution in [-0.4, -0.2) is 18.2 Å². The van der Waals surface area contributed by atoms with Crippen LogP contribution in [0.4, 0.5) is 5.88 Å². The monoisotopic (exact) mass is 185 g/mol. The summed E-state index contributed by atoms with van der Waals surface area (Å²) < 4.78 is 9.78. The molecule has 72 valence electrons. The normalized spacial score (nSPS) is 9.77. The molecule has 1 aromatic heterocycles. The van der Waals surface area contributed by atoms with Crippen LogP contribution in [0.3, 0.4) is 0 Å². The minimum Gasteiger partial charge on any atom is -0.458 e. The van der Waals surface area contributed by atoms with Crippen LogP contribution in [0.15, 0.2) is 16.5 Å². The highest BCUT2D eigenvalue weighted by Crippen LogP contribution is 2.16. The number of esters is 1. The van der Waals surface area contributed by atoms with Crippen molar-refractivity contribution in [2.24, 2.45) is 0 Å². The number of carbonyl (C=O) groups excluding carboxylic acids is 1. The third-order valence-corrected chi connectivity index (χ3v) is 1.38. The zero-order valence-electron chi connectivity index (χ0n) is 7.48. The molecule has 0 saturated carbocycles. The van der Waals surface area contributed by atoms with E-state index < -0.39 is 0 Å². The third-order valence-electron chi connectivity index (χ3n) is 1.38. The zero-order chi connectivity index (χ0) is 9.84. The Kier molecular flexibility index (Phi) is 2.92. The molecule has 0 radical (unpaired) electrons. The van der Waals surface area contributed by atoms with Crippen molar-refractivity contribution in [3.05, 3.63) is 17.9 Å². The second-order valence-electron chi connectivity index (χ2n) is 2.54. The minimum atomic E-state index is -0.365. The molecule has 0 bridgehead atoms. The van der Waals surface area contributed by atoms with E-state index in [0.29, 0.717) is 11.6 Å². The van der Waals surface area contributed by atoms with Gasteiger partial charge in [-0.25, -0.2) is 5.06 Å². The lowest BCUT2D eigenvalue weighted by atomic mass is 10.5. The first kappa shape index (κ1) is 9.60. The van der Waals surface area contributed by atoms with Gasteiger partial charge in [0, 0.05) is 20.0 Å². The first-order valence-electron chi connectivity index (χ1n) is 3.74. The average molecular weight is 185 g/mol. The summed E-state index contributed by atoms with van der Waals surface area (Å²) in [6, 6.07) is 3.21. The van der Waals surface area contributed by atoms with Gasteiger partial charge in [0.1, 0.15) is 12.4 Å². The predicted molar refractivity (Wildman–Crippen MR) is 44.4 cm³/mol. The van der Waals surface area contributed by atoms with Gasteiger partial charge in [-0.05, 0) is 6.07 Å². The van der Waals surface area contributed by atoms with Crippen LogP contribution in [0.25, 0.3) is 0 Å². The maximum Gasteiger partial charge on any atom is 0.303 e. The Hall–Kier alpha value is -1.49. The van der Waals surface area contributed by atoms with Crippen LogP contribution in [0.2, 0.25) is 0 Å².